The van der Waals surface area contributed by atoms with Crippen molar-refractivity contribution in [3.8, 4) is 0 Å². The number of carbonyl (C=O) groups is 1. The van der Waals surface area contributed by atoms with Gasteiger partial charge in [-0.15, -0.1) is 0 Å². The van der Waals surface area contributed by atoms with Gasteiger partial charge in [-0.05, 0) is 24.3 Å². The fraction of sp³-hybridized carbons (Fsp3) is 0.0588. The molecule has 7 nitrogen and oxygen atoms in total. The third kappa shape index (κ3) is 3.00. The number of nitrogens with one attached hydrogen (secondary N) is 2. The summed E-state index contributed by atoms with van der Waals surface area (Å²) in [6.45, 7) is 0. The van der Waals surface area contributed by atoms with E-state index >= 15 is 0 Å². The third-order valence-corrected chi connectivity index (χ3v) is 3.57. The molecule has 0 aliphatic rings. The number of fused-ring (bicyclic) bond motifs is 1. The summed E-state index contributed by atoms with van der Waals surface area (Å²) >= 11 is 0. The van der Waals surface area contributed by atoms with Crippen LogP contribution in [-0.2, 0) is 0 Å². The quantitative estimate of drug-likeness (QED) is 0.566. The van der Waals surface area contributed by atoms with Gasteiger partial charge in [0.15, 0.2) is 0 Å². The highest BCUT2D eigenvalue weighted by Gasteiger charge is 2.16. The van der Waals surface area contributed by atoms with Crippen LogP contribution in [0.5, 0.6) is 0 Å². The Kier molecular flexibility index (Phi) is 4.07. The van der Waals surface area contributed by atoms with Crippen molar-refractivity contribution in [1.82, 2.24) is 4.98 Å². The Hall–Kier alpha value is -3.48. The van der Waals surface area contributed by atoms with Crippen molar-refractivity contribution < 1.29 is 9.72 Å². The third-order valence-electron chi connectivity index (χ3n) is 3.57. The molecule has 120 valence electrons. The maximum absolute atomic E-state index is 12.5. The van der Waals surface area contributed by atoms with Gasteiger partial charge in [-0.1, -0.05) is 18.2 Å². The van der Waals surface area contributed by atoms with Crippen molar-refractivity contribution in [3.05, 3.63) is 70.3 Å². The lowest BCUT2D eigenvalue weighted by Crippen LogP contribution is -2.15. The summed E-state index contributed by atoms with van der Waals surface area (Å²) in [4.78, 5) is 27.2. The molecule has 24 heavy (non-hydrogen) atoms. The molecule has 0 atom stereocenters. The molecule has 0 fully saturated rings. The maximum atomic E-state index is 12.5. The number of para-hydroxylation sites is 1. The minimum atomic E-state index is -0.537. The molecule has 0 saturated heterocycles. The molecule has 0 unspecified atom stereocenters. The first-order valence-corrected chi connectivity index (χ1v) is 7.22. The van der Waals surface area contributed by atoms with Crippen molar-refractivity contribution >= 4 is 34.0 Å². The molecule has 0 spiro atoms. The Bertz CT molecular complexity index is 940. The minimum absolute atomic E-state index is 0.148. The Morgan fingerprint density at radius 2 is 1.92 bits per heavy atom. The zero-order valence-electron chi connectivity index (χ0n) is 12.8. The fourth-order valence-corrected chi connectivity index (χ4v) is 2.37. The van der Waals surface area contributed by atoms with Crippen molar-refractivity contribution in [3.63, 3.8) is 0 Å². The molecule has 0 aliphatic heterocycles. The average molecular weight is 322 g/mol. The number of anilines is 2. The second-order valence-electron chi connectivity index (χ2n) is 5.08. The molecule has 3 rings (SSSR count). The summed E-state index contributed by atoms with van der Waals surface area (Å²) in [7, 11) is 1.65. The van der Waals surface area contributed by atoms with Gasteiger partial charge in [-0.25, -0.2) is 4.98 Å². The first kappa shape index (κ1) is 15.4. The molecule has 0 saturated carbocycles. The van der Waals surface area contributed by atoms with E-state index in [0.29, 0.717) is 11.5 Å². The lowest BCUT2D eigenvalue weighted by molar-refractivity contribution is -0.384. The van der Waals surface area contributed by atoms with Crippen LogP contribution in [-0.4, -0.2) is 22.9 Å². The highest BCUT2D eigenvalue weighted by molar-refractivity contribution is 6.08. The Balaban J connectivity index is 1.93. The number of carbonyl (C=O) groups excluding carboxylic acids is 1. The smallest absolute Gasteiger partial charge is 0.270 e. The molecular formula is C17H14N4O3. The van der Waals surface area contributed by atoms with Gasteiger partial charge in [0.2, 0.25) is 0 Å². The minimum Gasteiger partial charge on any atom is -0.387 e. The SMILES string of the molecule is CNc1ccc([N+](=O)[O-])cc1C(=O)Nc1ccc2ccccc2n1. The number of benzene rings is 2. The van der Waals surface area contributed by atoms with E-state index in [1.54, 1.807) is 13.1 Å². The second kappa shape index (κ2) is 6.33. The zero-order chi connectivity index (χ0) is 17.1. The topological polar surface area (TPSA) is 97.2 Å². The first-order chi connectivity index (χ1) is 11.6. The standard InChI is InChI=1S/C17H14N4O3/c1-18-15-8-7-12(21(23)24)10-13(15)17(22)20-16-9-6-11-4-2-3-5-14(11)19-16/h2-10,18H,1H3,(H,19,20,22). The van der Waals surface area contributed by atoms with E-state index in [-0.39, 0.29) is 11.3 Å². The van der Waals surface area contributed by atoms with Crippen LogP contribution in [0.25, 0.3) is 10.9 Å². The normalized spacial score (nSPS) is 10.4. The van der Waals surface area contributed by atoms with Gasteiger partial charge < -0.3 is 10.6 Å². The molecule has 1 amide bonds. The van der Waals surface area contributed by atoms with Gasteiger partial charge in [0.25, 0.3) is 11.6 Å². The summed E-state index contributed by atoms with van der Waals surface area (Å²) in [5.74, 6) is -0.0851. The number of amides is 1. The van der Waals surface area contributed by atoms with E-state index in [1.165, 1.54) is 18.2 Å². The van der Waals surface area contributed by atoms with Crippen LogP contribution in [0.15, 0.2) is 54.6 Å². The molecule has 0 bridgehead atoms. The highest BCUT2D eigenvalue weighted by Crippen LogP contribution is 2.23. The predicted octanol–water partition coefficient (Wildman–Crippen LogP) is 3.44. The maximum Gasteiger partial charge on any atom is 0.270 e. The lowest BCUT2D eigenvalue weighted by atomic mass is 10.1. The van der Waals surface area contributed by atoms with Gasteiger partial charge in [0.1, 0.15) is 5.82 Å². The first-order valence-electron chi connectivity index (χ1n) is 7.22. The van der Waals surface area contributed by atoms with Crippen molar-refractivity contribution in [1.29, 1.82) is 0 Å². The van der Waals surface area contributed by atoms with E-state index in [2.05, 4.69) is 15.6 Å². The van der Waals surface area contributed by atoms with Gasteiger partial charge in [-0.2, -0.15) is 0 Å². The number of nitro benzene ring substituents is 1. The van der Waals surface area contributed by atoms with Crippen LogP contribution in [0.4, 0.5) is 17.2 Å². The molecule has 3 aromatic rings. The van der Waals surface area contributed by atoms with E-state index in [9.17, 15) is 14.9 Å². The average Bonchev–Trinajstić information content (AvgIpc) is 2.60. The molecule has 2 N–H and O–H groups in total. The van der Waals surface area contributed by atoms with Crippen molar-refractivity contribution in [2.75, 3.05) is 17.7 Å². The molecule has 1 heterocycles. The van der Waals surface area contributed by atoms with E-state index in [0.717, 1.165) is 10.9 Å². The number of nitrogens with zero attached hydrogens (tertiary/aromatic N) is 2. The van der Waals surface area contributed by atoms with E-state index < -0.39 is 10.8 Å². The van der Waals surface area contributed by atoms with Gasteiger partial charge in [0.05, 0.1) is 16.0 Å². The molecule has 0 aliphatic carbocycles. The number of hydrogen-bond acceptors (Lipinski definition) is 5. The number of hydrogen-bond donors (Lipinski definition) is 2. The lowest BCUT2D eigenvalue weighted by Gasteiger charge is -2.10. The van der Waals surface area contributed by atoms with Crippen molar-refractivity contribution in [2.45, 2.75) is 0 Å². The van der Waals surface area contributed by atoms with Crippen LogP contribution < -0.4 is 10.6 Å². The van der Waals surface area contributed by atoms with Crippen LogP contribution >= 0.6 is 0 Å². The number of non-ortho nitro benzene ring substituents is 1. The van der Waals surface area contributed by atoms with Gasteiger partial charge in [0, 0.05) is 30.3 Å². The predicted molar refractivity (Wildman–Crippen MR) is 92.3 cm³/mol. The molecular weight excluding hydrogens is 308 g/mol. The number of pyridine rings is 1. The molecule has 2 aromatic carbocycles. The Morgan fingerprint density at radius 3 is 2.67 bits per heavy atom. The molecule has 1 aromatic heterocycles. The van der Waals surface area contributed by atoms with E-state index in [1.807, 2.05) is 30.3 Å². The largest absolute Gasteiger partial charge is 0.387 e. The summed E-state index contributed by atoms with van der Waals surface area (Å²) in [6.07, 6.45) is 0. The number of nitro groups is 1. The van der Waals surface area contributed by atoms with Crippen LogP contribution in [0, 0.1) is 10.1 Å². The fourth-order valence-electron chi connectivity index (χ4n) is 2.37. The van der Waals surface area contributed by atoms with Crippen LogP contribution in [0.1, 0.15) is 10.4 Å². The summed E-state index contributed by atoms with van der Waals surface area (Å²) < 4.78 is 0. The summed E-state index contributed by atoms with van der Waals surface area (Å²) in [5.41, 5.74) is 1.29. The monoisotopic (exact) mass is 322 g/mol. The Labute approximate surface area is 137 Å². The van der Waals surface area contributed by atoms with Crippen molar-refractivity contribution in [2.24, 2.45) is 0 Å². The van der Waals surface area contributed by atoms with Crippen LogP contribution in [0.2, 0.25) is 0 Å². The van der Waals surface area contributed by atoms with Gasteiger partial charge in [-0.3, -0.25) is 14.9 Å². The second-order valence-corrected chi connectivity index (χ2v) is 5.08. The highest BCUT2D eigenvalue weighted by atomic mass is 16.6. The number of aromatic nitrogens is 1. The number of rotatable bonds is 4. The van der Waals surface area contributed by atoms with Gasteiger partial charge >= 0.3 is 0 Å². The van der Waals surface area contributed by atoms with Crippen LogP contribution in [0.3, 0.4) is 0 Å². The molecule has 7 heteroatoms. The summed E-state index contributed by atoms with van der Waals surface area (Å²) in [6, 6.07) is 15.2. The Morgan fingerprint density at radius 1 is 1.12 bits per heavy atom. The van der Waals surface area contributed by atoms with E-state index in [4.69, 9.17) is 0 Å². The zero-order valence-corrected chi connectivity index (χ0v) is 12.8. The summed E-state index contributed by atoms with van der Waals surface area (Å²) in [5, 5.41) is 17.4. The molecule has 0 radical (unpaired) electrons.